The summed E-state index contributed by atoms with van der Waals surface area (Å²) in [5, 5.41) is 0. The second-order valence-electron chi connectivity index (χ2n) is 5.67. The molecular formula is C14H29NS. The number of nitrogens with zero attached hydrogens (tertiary/aromatic N) is 1. The second-order valence-corrected chi connectivity index (χ2v) is 5.98. The molecule has 0 aliphatic carbocycles. The highest BCUT2D eigenvalue weighted by molar-refractivity contribution is 7.80. The Morgan fingerprint density at radius 3 is 2.00 bits per heavy atom. The van der Waals surface area contributed by atoms with E-state index in [4.69, 9.17) is 0 Å². The lowest BCUT2D eigenvalue weighted by Gasteiger charge is -2.45. The maximum Gasteiger partial charge on any atom is 0.00699 e. The lowest BCUT2D eigenvalue weighted by Crippen LogP contribution is -2.49. The average Bonchev–Trinajstić information content (AvgIpc) is 2.30. The maximum atomic E-state index is 4.59. The minimum absolute atomic E-state index is 0.434. The first-order valence-corrected chi connectivity index (χ1v) is 7.58. The third kappa shape index (κ3) is 3.16. The molecule has 2 atom stereocenters. The lowest BCUT2D eigenvalue weighted by molar-refractivity contribution is 0.0527. The Bertz CT molecular complexity index is 183. The Hall–Kier alpha value is 0.310. The number of likely N-dealkylation sites (tertiary alicyclic amines) is 1. The van der Waals surface area contributed by atoms with Gasteiger partial charge in [-0.25, -0.2) is 0 Å². The van der Waals surface area contributed by atoms with Crippen molar-refractivity contribution in [2.75, 3.05) is 12.3 Å². The number of rotatable bonds is 5. The van der Waals surface area contributed by atoms with Crippen molar-refractivity contribution < 1.29 is 0 Å². The van der Waals surface area contributed by atoms with Crippen LogP contribution in [0.4, 0.5) is 0 Å². The molecule has 1 fully saturated rings. The van der Waals surface area contributed by atoms with Crippen LogP contribution in [0.25, 0.3) is 0 Å². The minimum Gasteiger partial charge on any atom is -0.297 e. The van der Waals surface area contributed by atoms with Crippen LogP contribution >= 0.6 is 12.6 Å². The fraction of sp³-hybridized carbons (Fsp3) is 1.00. The quantitative estimate of drug-likeness (QED) is 0.715. The highest BCUT2D eigenvalue weighted by atomic mass is 32.1. The number of hydrogen-bond donors (Lipinski definition) is 1. The van der Waals surface area contributed by atoms with Crippen LogP contribution in [0.1, 0.15) is 59.8 Å². The van der Waals surface area contributed by atoms with Gasteiger partial charge in [-0.3, -0.25) is 4.90 Å². The summed E-state index contributed by atoms with van der Waals surface area (Å²) in [6, 6.07) is 1.53. The Morgan fingerprint density at radius 2 is 1.62 bits per heavy atom. The zero-order chi connectivity index (χ0) is 12.2. The predicted octanol–water partition coefficient (Wildman–Crippen LogP) is 3.99. The lowest BCUT2D eigenvalue weighted by atomic mass is 9.82. The van der Waals surface area contributed by atoms with Crippen LogP contribution in [-0.2, 0) is 0 Å². The molecule has 0 radical (unpaired) electrons. The molecule has 2 heteroatoms. The van der Waals surface area contributed by atoms with Gasteiger partial charge in [-0.2, -0.15) is 12.6 Å². The number of hydrogen-bond acceptors (Lipinski definition) is 2. The summed E-state index contributed by atoms with van der Waals surface area (Å²) in [4.78, 5) is 2.73. The largest absolute Gasteiger partial charge is 0.297 e. The fourth-order valence-electron chi connectivity index (χ4n) is 2.92. The van der Waals surface area contributed by atoms with E-state index in [1.165, 1.54) is 38.6 Å². The summed E-state index contributed by atoms with van der Waals surface area (Å²) in [6.45, 7) is 10.7. The van der Waals surface area contributed by atoms with Gasteiger partial charge in [0.15, 0.2) is 0 Å². The molecule has 1 nitrogen and oxygen atoms in total. The third-order valence-electron chi connectivity index (χ3n) is 4.73. The molecule has 16 heavy (non-hydrogen) atoms. The van der Waals surface area contributed by atoms with Gasteiger partial charge in [0.05, 0.1) is 0 Å². The van der Waals surface area contributed by atoms with Crippen molar-refractivity contribution in [3.05, 3.63) is 0 Å². The summed E-state index contributed by atoms with van der Waals surface area (Å²) in [5.74, 6) is 1.02. The molecule has 1 rings (SSSR count). The van der Waals surface area contributed by atoms with Crippen LogP contribution in [-0.4, -0.2) is 29.3 Å². The molecule has 0 aromatic rings. The van der Waals surface area contributed by atoms with E-state index in [2.05, 4.69) is 45.2 Å². The number of piperidine rings is 1. The minimum atomic E-state index is 0.434. The van der Waals surface area contributed by atoms with Gasteiger partial charge in [0, 0.05) is 18.6 Å². The van der Waals surface area contributed by atoms with Crippen LogP contribution in [0.15, 0.2) is 0 Å². The molecule has 0 saturated carbocycles. The zero-order valence-electron chi connectivity index (χ0n) is 11.5. The van der Waals surface area contributed by atoms with E-state index in [1.807, 2.05) is 0 Å². The van der Waals surface area contributed by atoms with Crippen LogP contribution in [0.3, 0.4) is 0 Å². The van der Waals surface area contributed by atoms with Gasteiger partial charge in [0.2, 0.25) is 0 Å². The van der Waals surface area contributed by atoms with Gasteiger partial charge in [0.1, 0.15) is 0 Å². The van der Waals surface area contributed by atoms with Gasteiger partial charge in [-0.05, 0) is 50.7 Å². The zero-order valence-corrected chi connectivity index (χ0v) is 12.4. The van der Waals surface area contributed by atoms with E-state index in [9.17, 15) is 0 Å². The van der Waals surface area contributed by atoms with Crippen molar-refractivity contribution in [3.63, 3.8) is 0 Å². The first-order chi connectivity index (χ1) is 7.58. The molecular weight excluding hydrogens is 214 g/mol. The third-order valence-corrected chi connectivity index (χ3v) is 5.40. The standard InChI is InChI=1S/C14H29NS/c1-5-14(6-2,11-16)10-15-12(3)8-7-9-13(15)4/h12-13,16H,5-11H2,1-4H3. The van der Waals surface area contributed by atoms with Crippen molar-refractivity contribution in [2.24, 2.45) is 5.41 Å². The highest BCUT2D eigenvalue weighted by Gasteiger charge is 2.33. The van der Waals surface area contributed by atoms with Crippen LogP contribution in [0.5, 0.6) is 0 Å². The normalized spacial score (nSPS) is 28.3. The first kappa shape index (κ1) is 14.4. The van der Waals surface area contributed by atoms with Crippen LogP contribution in [0.2, 0.25) is 0 Å². The molecule has 2 unspecified atom stereocenters. The Kier molecular flexibility index (Phi) is 5.66. The average molecular weight is 243 g/mol. The molecule has 0 aromatic heterocycles. The number of thiol groups is 1. The monoisotopic (exact) mass is 243 g/mol. The molecule has 96 valence electrons. The highest BCUT2D eigenvalue weighted by Crippen LogP contribution is 2.33. The SMILES string of the molecule is CCC(CC)(CS)CN1C(C)CCCC1C. The Labute approximate surface area is 107 Å². The van der Waals surface area contributed by atoms with E-state index < -0.39 is 0 Å². The van der Waals surface area contributed by atoms with Crippen molar-refractivity contribution in [3.8, 4) is 0 Å². The second kappa shape index (κ2) is 6.30. The van der Waals surface area contributed by atoms with Gasteiger partial charge in [0.25, 0.3) is 0 Å². The molecule has 1 aliphatic rings. The summed E-state index contributed by atoms with van der Waals surface area (Å²) in [5.41, 5.74) is 0.434. The Morgan fingerprint density at radius 1 is 1.12 bits per heavy atom. The molecule has 0 spiro atoms. The smallest absolute Gasteiger partial charge is 0.00699 e. The van der Waals surface area contributed by atoms with Crippen LogP contribution < -0.4 is 0 Å². The van der Waals surface area contributed by atoms with Gasteiger partial charge in [-0.1, -0.05) is 20.3 Å². The van der Waals surface area contributed by atoms with Crippen molar-refractivity contribution in [1.82, 2.24) is 4.90 Å². The van der Waals surface area contributed by atoms with Crippen LogP contribution in [0, 0.1) is 5.41 Å². The molecule has 1 aliphatic heterocycles. The van der Waals surface area contributed by atoms with Crippen molar-refractivity contribution in [2.45, 2.75) is 71.9 Å². The molecule has 0 amide bonds. The van der Waals surface area contributed by atoms with E-state index in [0.717, 1.165) is 17.8 Å². The van der Waals surface area contributed by atoms with Crippen molar-refractivity contribution >= 4 is 12.6 Å². The molecule has 0 N–H and O–H groups in total. The van der Waals surface area contributed by atoms with Gasteiger partial charge < -0.3 is 0 Å². The first-order valence-electron chi connectivity index (χ1n) is 6.95. The summed E-state index contributed by atoms with van der Waals surface area (Å²) >= 11 is 4.59. The molecule has 0 aromatic carbocycles. The van der Waals surface area contributed by atoms with E-state index >= 15 is 0 Å². The molecule has 1 saturated heterocycles. The molecule has 0 bridgehead atoms. The Balaban J connectivity index is 2.68. The maximum absolute atomic E-state index is 4.59. The van der Waals surface area contributed by atoms with E-state index in [-0.39, 0.29) is 0 Å². The van der Waals surface area contributed by atoms with Crippen molar-refractivity contribution in [1.29, 1.82) is 0 Å². The topological polar surface area (TPSA) is 3.24 Å². The summed E-state index contributed by atoms with van der Waals surface area (Å²) in [7, 11) is 0. The summed E-state index contributed by atoms with van der Waals surface area (Å²) < 4.78 is 0. The van der Waals surface area contributed by atoms with Gasteiger partial charge >= 0.3 is 0 Å². The van der Waals surface area contributed by atoms with E-state index in [1.54, 1.807) is 0 Å². The predicted molar refractivity (Wildman–Crippen MR) is 76.3 cm³/mol. The van der Waals surface area contributed by atoms with Gasteiger partial charge in [-0.15, -0.1) is 0 Å². The molecule has 1 heterocycles. The van der Waals surface area contributed by atoms with E-state index in [0.29, 0.717) is 5.41 Å². The fourth-order valence-corrected chi connectivity index (χ4v) is 3.47. The summed E-state index contributed by atoms with van der Waals surface area (Å²) in [6.07, 6.45) is 6.66.